The molecule has 0 spiro atoms. The van der Waals surface area contributed by atoms with Gasteiger partial charge >= 0.3 is 6.18 Å². The average Bonchev–Trinajstić information content (AvgIpc) is 2.47. The summed E-state index contributed by atoms with van der Waals surface area (Å²) in [5, 5.41) is 3.14. The highest BCUT2D eigenvalue weighted by Gasteiger charge is 2.32. The quantitative estimate of drug-likeness (QED) is 0.535. The van der Waals surface area contributed by atoms with Crippen molar-refractivity contribution in [2.75, 3.05) is 0 Å². The van der Waals surface area contributed by atoms with Gasteiger partial charge in [-0.3, -0.25) is 0 Å². The summed E-state index contributed by atoms with van der Waals surface area (Å²) in [6.07, 6.45) is -3.71. The number of hydrogen-bond donors (Lipinski definition) is 1. The first kappa shape index (κ1) is 16.0. The second-order valence-electron chi connectivity index (χ2n) is 4.35. The van der Waals surface area contributed by atoms with E-state index in [0.717, 1.165) is 12.3 Å². The minimum absolute atomic E-state index is 0.0265. The van der Waals surface area contributed by atoms with E-state index in [9.17, 15) is 21.6 Å². The molecule has 0 aliphatic carbocycles. The summed E-state index contributed by atoms with van der Waals surface area (Å²) in [6.45, 7) is 0. The summed E-state index contributed by atoms with van der Waals surface area (Å²) in [5.74, 6) is 4.96. The van der Waals surface area contributed by atoms with Gasteiger partial charge in [0.1, 0.15) is 0 Å². The molecule has 2 aromatic rings. The number of hydrogen-bond acceptors (Lipinski definition) is 4. The number of halogens is 3. The molecule has 22 heavy (non-hydrogen) atoms. The van der Waals surface area contributed by atoms with Crippen molar-refractivity contribution in [3.8, 4) is 0 Å². The van der Waals surface area contributed by atoms with Gasteiger partial charge in [0, 0.05) is 5.56 Å². The normalized spacial score (nSPS) is 12.7. The van der Waals surface area contributed by atoms with Crippen LogP contribution in [-0.2, 0) is 16.0 Å². The maximum absolute atomic E-state index is 12.7. The Bertz CT molecular complexity index is 801. The fourth-order valence-electron chi connectivity index (χ4n) is 1.88. The molecule has 0 amide bonds. The highest BCUT2D eigenvalue weighted by atomic mass is 32.2. The van der Waals surface area contributed by atoms with Crippen molar-refractivity contribution in [2.45, 2.75) is 16.0 Å². The fraction of sp³-hybridized carbons (Fsp3) is 0.0714. The predicted octanol–water partition coefficient (Wildman–Crippen LogP) is 2.83. The van der Waals surface area contributed by atoms with Gasteiger partial charge < -0.3 is 5.84 Å². The lowest BCUT2D eigenvalue weighted by molar-refractivity contribution is -0.137. The molecule has 0 atom stereocenters. The van der Waals surface area contributed by atoms with Gasteiger partial charge in [0.25, 0.3) is 0 Å². The molecule has 0 fully saturated rings. The molecular formula is C14H11F3N2O2S. The number of hydrazone groups is 1. The molecule has 0 aromatic heterocycles. The first-order valence-electron chi connectivity index (χ1n) is 6.01. The van der Waals surface area contributed by atoms with Crippen LogP contribution in [0.15, 0.2) is 63.4 Å². The van der Waals surface area contributed by atoms with Gasteiger partial charge in [0.15, 0.2) is 0 Å². The van der Waals surface area contributed by atoms with Crippen LogP contribution in [0.3, 0.4) is 0 Å². The Hall–Kier alpha value is -2.35. The minimum Gasteiger partial charge on any atom is -0.323 e. The van der Waals surface area contributed by atoms with Crippen molar-refractivity contribution < 1.29 is 21.6 Å². The van der Waals surface area contributed by atoms with Crippen molar-refractivity contribution >= 4 is 16.1 Å². The second-order valence-corrected chi connectivity index (χ2v) is 6.26. The Morgan fingerprint density at radius 3 is 2.23 bits per heavy atom. The van der Waals surface area contributed by atoms with Crippen LogP contribution in [-0.4, -0.2) is 14.6 Å². The lowest BCUT2D eigenvalue weighted by Gasteiger charge is -2.11. The van der Waals surface area contributed by atoms with Gasteiger partial charge in [-0.2, -0.15) is 18.3 Å². The van der Waals surface area contributed by atoms with E-state index in [2.05, 4.69) is 5.10 Å². The Morgan fingerprint density at radius 2 is 1.68 bits per heavy atom. The zero-order valence-electron chi connectivity index (χ0n) is 11.1. The average molecular weight is 328 g/mol. The van der Waals surface area contributed by atoms with E-state index in [4.69, 9.17) is 5.84 Å². The van der Waals surface area contributed by atoms with Crippen LogP contribution in [0.5, 0.6) is 0 Å². The number of rotatable bonds is 3. The standard InChI is InChI=1S/C14H11F3N2O2S/c15-14(16,17)11-6-7-13(10(8-11)9-19-18)22(20,21)12-4-2-1-3-5-12/h1-9H,18H2. The SMILES string of the molecule is NN=Cc1cc(C(F)(F)F)ccc1S(=O)(=O)c1ccccc1. The lowest BCUT2D eigenvalue weighted by Crippen LogP contribution is -2.10. The molecule has 0 aliphatic rings. The first-order chi connectivity index (χ1) is 10.3. The fourth-order valence-corrected chi connectivity index (χ4v) is 3.32. The molecule has 2 rings (SSSR count). The van der Waals surface area contributed by atoms with Crippen LogP contribution in [0.1, 0.15) is 11.1 Å². The van der Waals surface area contributed by atoms with Gasteiger partial charge in [-0.1, -0.05) is 18.2 Å². The van der Waals surface area contributed by atoms with Crippen LogP contribution in [0.2, 0.25) is 0 Å². The van der Waals surface area contributed by atoms with Crippen LogP contribution in [0.4, 0.5) is 13.2 Å². The third-order valence-electron chi connectivity index (χ3n) is 2.89. The van der Waals surface area contributed by atoms with Gasteiger partial charge in [-0.25, -0.2) is 8.42 Å². The molecule has 2 aromatic carbocycles. The van der Waals surface area contributed by atoms with E-state index in [1.165, 1.54) is 24.3 Å². The highest BCUT2D eigenvalue weighted by Crippen LogP contribution is 2.32. The first-order valence-corrected chi connectivity index (χ1v) is 7.50. The number of alkyl halides is 3. The van der Waals surface area contributed by atoms with Crippen LogP contribution in [0, 0.1) is 0 Å². The van der Waals surface area contributed by atoms with Crippen molar-refractivity contribution in [2.24, 2.45) is 10.9 Å². The molecule has 0 radical (unpaired) electrons. The topological polar surface area (TPSA) is 72.5 Å². The largest absolute Gasteiger partial charge is 0.416 e. The van der Waals surface area contributed by atoms with Crippen molar-refractivity contribution in [3.05, 3.63) is 59.7 Å². The van der Waals surface area contributed by atoms with Crippen molar-refractivity contribution in [1.82, 2.24) is 0 Å². The van der Waals surface area contributed by atoms with Crippen molar-refractivity contribution in [3.63, 3.8) is 0 Å². The second kappa shape index (κ2) is 5.80. The summed E-state index contributed by atoms with van der Waals surface area (Å²) in [6, 6.07) is 9.71. The Kier molecular flexibility index (Phi) is 4.23. The van der Waals surface area contributed by atoms with Crippen LogP contribution >= 0.6 is 0 Å². The van der Waals surface area contributed by atoms with E-state index in [-0.39, 0.29) is 15.4 Å². The molecule has 8 heteroatoms. The molecule has 4 nitrogen and oxygen atoms in total. The number of nitrogens with zero attached hydrogens (tertiary/aromatic N) is 1. The van der Waals surface area contributed by atoms with Crippen molar-refractivity contribution in [1.29, 1.82) is 0 Å². The number of benzene rings is 2. The molecule has 0 heterocycles. The summed E-state index contributed by atoms with van der Waals surface area (Å²) in [5.41, 5.74) is -1.20. The third kappa shape index (κ3) is 3.11. The zero-order valence-corrected chi connectivity index (χ0v) is 11.9. The summed E-state index contributed by atoms with van der Waals surface area (Å²) in [7, 11) is -3.97. The molecule has 0 unspecified atom stereocenters. The molecule has 0 saturated heterocycles. The maximum atomic E-state index is 12.7. The summed E-state index contributed by atoms with van der Waals surface area (Å²) < 4.78 is 63.2. The Labute approximate surface area is 125 Å². The monoisotopic (exact) mass is 328 g/mol. The smallest absolute Gasteiger partial charge is 0.323 e. The maximum Gasteiger partial charge on any atom is 0.416 e. The van der Waals surface area contributed by atoms with Gasteiger partial charge in [-0.15, -0.1) is 0 Å². The van der Waals surface area contributed by atoms with Crippen LogP contribution in [0.25, 0.3) is 0 Å². The Balaban J connectivity index is 2.66. The molecular weight excluding hydrogens is 317 g/mol. The van der Waals surface area contributed by atoms with Gasteiger partial charge in [-0.05, 0) is 30.3 Å². The number of sulfone groups is 1. The van der Waals surface area contributed by atoms with E-state index >= 15 is 0 Å². The molecule has 0 aliphatic heterocycles. The zero-order chi connectivity index (χ0) is 16.4. The van der Waals surface area contributed by atoms with E-state index in [1.54, 1.807) is 6.07 Å². The number of nitrogens with two attached hydrogens (primary N) is 1. The van der Waals surface area contributed by atoms with E-state index in [1.807, 2.05) is 0 Å². The lowest BCUT2D eigenvalue weighted by atomic mass is 10.1. The van der Waals surface area contributed by atoms with Gasteiger partial charge in [0.2, 0.25) is 9.84 Å². The summed E-state index contributed by atoms with van der Waals surface area (Å²) >= 11 is 0. The predicted molar refractivity (Wildman–Crippen MR) is 75.1 cm³/mol. The van der Waals surface area contributed by atoms with Gasteiger partial charge in [0.05, 0.1) is 21.6 Å². The molecule has 0 bridgehead atoms. The van der Waals surface area contributed by atoms with E-state index < -0.39 is 21.6 Å². The Morgan fingerprint density at radius 1 is 1.05 bits per heavy atom. The third-order valence-corrected chi connectivity index (χ3v) is 4.74. The minimum atomic E-state index is -4.59. The summed E-state index contributed by atoms with van der Waals surface area (Å²) in [4.78, 5) is -0.317. The molecule has 0 saturated carbocycles. The van der Waals surface area contributed by atoms with E-state index in [0.29, 0.717) is 12.1 Å². The molecule has 2 N–H and O–H groups in total. The molecule has 116 valence electrons. The highest BCUT2D eigenvalue weighted by molar-refractivity contribution is 7.91. The van der Waals surface area contributed by atoms with Crippen LogP contribution < -0.4 is 5.84 Å².